The Morgan fingerprint density at radius 3 is 2.71 bits per heavy atom. The number of ketones is 1. The minimum absolute atomic E-state index is 0.241. The molecule has 2 bridgehead atoms. The van der Waals surface area contributed by atoms with Gasteiger partial charge in [-0.3, -0.25) is 14.4 Å². The molecule has 21 heavy (non-hydrogen) atoms. The van der Waals surface area contributed by atoms with Gasteiger partial charge in [0, 0.05) is 25.0 Å². The topological polar surface area (TPSA) is 71.8 Å². The van der Waals surface area contributed by atoms with E-state index in [0.717, 1.165) is 16.6 Å². The quantitative estimate of drug-likeness (QED) is 0.857. The van der Waals surface area contributed by atoms with Gasteiger partial charge in [-0.15, -0.1) is 0 Å². The number of benzene rings is 1. The van der Waals surface area contributed by atoms with E-state index >= 15 is 0 Å². The molecular weight excluding hydrogens is 272 g/mol. The fourth-order valence-corrected chi connectivity index (χ4v) is 3.68. The number of aromatic nitrogens is 1. The van der Waals surface area contributed by atoms with Crippen LogP contribution in [-0.2, 0) is 16.7 Å². The molecule has 2 aliphatic rings. The van der Waals surface area contributed by atoms with E-state index in [1.165, 1.54) is 5.06 Å². The van der Waals surface area contributed by atoms with Crippen LogP contribution in [0.3, 0.4) is 0 Å². The van der Waals surface area contributed by atoms with Crippen LogP contribution in [0.15, 0.2) is 24.3 Å². The summed E-state index contributed by atoms with van der Waals surface area (Å²) in [6, 6.07) is 7.17. The smallest absolute Gasteiger partial charge is 0.311 e. The summed E-state index contributed by atoms with van der Waals surface area (Å²) in [5, 5.41) is 11.8. The zero-order valence-corrected chi connectivity index (χ0v) is 11.6. The number of para-hydroxylation sites is 1. The second kappa shape index (κ2) is 3.93. The molecule has 1 fully saturated rings. The highest BCUT2D eigenvalue weighted by Crippen LogP contribution is 2.48. The van der Waals surface area contributed by atoms with Crippen LogP contribution < -0.4 is 0 Å². The van der Waals surface area contributed by atoms with Gasteiger partial charge in [-0.1, -0.05) is 18.2 Å². The number of hydrogen-bond donors (Lipinski definition) is 1. The summed E-state index contributed by atoms with van der Waals surface area (Å²) in [5.41, 5.74) is 2.26. The summed E-state index contributed by atoms with van der Waals surface area (Å²) in [6.07, 6.45) is -0.934. The fourth-order valence-electron chi connectivity index (χ4n) is 3.68. The maximum Gasteiger partial charge on any atom is 0.311 e. The molecule has 2 heterocycles. The highest BCUT2D eigenvalue weighted by atomic mass is 16.7. The molecular formula is C15H14N2O4. The number of nitrogens with zero attached hydrogens (tertiary/aromatic N) is 2. The Balaban J connectivity index is 2.09. The minimum Gasteiger partial charge on any atom is -0.481 e. The summed E-state index contributed by atoms with van der Waals surface area (Å²) >= 11 is 0. The second-order valence-electron chi connectivity index (χ2n) is 5.58. The van der Waals surface area contributed by atoms with Crippen LogP contribution in [0.1, 0.15) is 22.1 Å². The number of hydroxylamine groups is 2. The van der Waals surface area contributed by atoms with Gasteiger partial charge in [0.05, 0.1) is 17.3 Å². The first-order chi connectivity index (χ1) is 10.0. The predicted octanol–water partition coefficient (Wildman–Crippen LogP) is 1.36. The van der Waals surface area contributed by atoms with Gasteiger partial charge in [0.15, 0.2) is 11.9 Å². The van der Waals surface area contributed by atoms with Crippen LogP contribution in [0.2, 0.25) is 0 Å². The molecule has 1 aliphatic carbocycles. The summed E-state index contributed by atoms with van der Waals surface area (Å²) < 4.78 is 1.91. The van der Waals surface area contributed by atoms with Crippen LogP contribution in [0.5, 0.6) is 0 Å². The van der Waals surface area contributed by atoms with E-state index in [0.29, 0.717) is 5.56 Å². The molecule has 6 nitrogen and oxygen atoms in total. The van der Waals surface area contributed by atoms with E-state index in [4.69, 9.17) is 4.84 Å². The van der Waals surface area contributed by atoms with Crippen molar-refractivity contribution in [2.45, 2.75) is 12.1 Å². The van der Waals surface area contributed by atoms with E-state index in [2.05, 4.69) is 0 Å². The molecule has 1 aliphatic heterocycles. The van der Waals surface area contributed by atoms with E-state index in [-0.39, 0.29) is 5.78 Å². The van der Waals surface area contributed by atoms with Crippen LogP contribution in [0.25, 0.3) is 10.9 Å². The first-order valence-corrected chi connectivity index (χ1v) is 6.76. The number of carbonyl (C=O) groups is 2. The molecule has 1 aromatic heterocycles. The Labute approximate surface area is 120 Å². The Bertz CT molecular complexity index is 794. The van der Waals surface area contributed by atoms with Gasteiger partial charge in [0.1, 0.15) is 5.92 Å². The standard InChI is InChI=1S/C15H14N2O4/c1-16-8-6-4-3-5-7(8)9-11(16)12-10(15(19)20)14(13(9)18)21-17(12)2/h3-6,10,12,14H,1-2H3,(H,19,20)/t10?,12-,14+/m0/s1. The number of Topliss-reactive ketones (excluding diaryl/α,β-unsaturated/α-hetero) is 1. The summed E-state index contributed by atoms with van der Waals surface area (Å²) in [4.78, 5) is 29.8. The summed E-state index contributed by atoms with van der Waals surface area (Å²) in [5.74, 6) is -2.11. The molecule has 1 unspecified atom stereocenters. The minimum atomic E-state index is -1.00. The van der Waals surface area contributed by atoms with Crippen LogP contribution in [0, 0.1) is 5.92 Å². The van der Waals surface area contributed by atoms with Crippen molar-refractivity contribution in [1.29, 1.82) is 0 Å². The molecule has 0 spiro atoms. The number of carboxylic acids is 1. The normalized spacial score (nSPS) is 28.1. The average molecular weight is 286 g/mol. The van der Waals surface area contributed by atoms with Gasteiger partial charge in [-0.2, -0.15) is 5.06 Å². The molecule has 1 saturated heterocycles. The first kappa shape index (κ1) is 12.6. The van der Waals surface area contributed by atoms with Crippen LogP contribution in [-0.4, -0.2) is 39.6 Å². The molecule has 3 atom stereocenters. The predicted molar refractivity (Wildman–Crippen MR) is 73.8 cm³/mol. The third-order valence-corrected chi connectivity index (χ3v) is 4.56. The molecule has 2 aromatic rings. The molecule has 108 valence electrons. The van der Waals surface area contributed by atoms with Gasteiger partial charge in [-0.25, -0.2) is 0 Å². The zero-order chi connectivity index (χ0) is 14.9. The van der Waals surface area contributed by atoms with Crippen molar-refractivity contribution < 1.29 is 19.5 Å². The van der Waals surface area contributed by atoms with Crippen molar-refractivity contribution in [3.05, 3.63) is 35.5 Å². The lowest BCUT2D eigenvalue weighted by Gasteiger charge is -2.25. The highest BCUT2D eigenvalue weighted by molar-refractivity contribution is 6.14. The van der Waals surface area contributed by atoms with E-state index in [1.807, 2.05) is 35.9 Å². The maximum atomic E-state index is 12.7. The SMILES string of the molecule is CN1O[C@H]2C(=O)c3c(n(C)c4ccccc34)[C@@H]1C2C(=O)O. The molecule has 0 amide bonds. The first-order valence-electron chi connectivity index (χ1n) is 6.76. The monoisotopic (exact) mass is 286 g/mol. The average Bonchev–Trinajstić information content (AvgIpc) is 2.91. The Morgan fingerprint density at radius 2 is 2.00 bits per heavy atom. The fraction of sp³-hybridized carbons (Fsp3) is 0.333. The molecule has 0 radical (unpaired) electrons. The third-order valence-electron chi connectivity index (χ3n) is 4.56. The molecule has 6 heteroatoms. The number of hydrogen-bond acceptors (Lipinski definition) is 4. The van der Waals surface area contributed by atoms with Gasteiger partial charge in [0.2, 0.25) is 0 Å². The van der Waals surface area contributed by atoms with Crippen LogP contribution >= 0.6 is 0 Å². The third kappa shape index (κ3) is 1.38. The summed E-state index contributed by atoms with van der Waals surface area (Å²) in [6.45, 7) is 0. The lowest BCUT2D eigenvalue weighted by molar-refractivity contribution is -0.143. The number of fused-ring (bicyclic) bond motifs is 6. The van der Waals surface area contributed by atoms with Crippen molar-refractivity contribution in [1.82, 2.24) is 9.63 Å². The molecule has 4 rings (SSSR count). The number of rotatable bonds is 1. The Hall–Kier alpha value is -2.18. The van der Waals surface area contributed by atoms with Crippen LogP contribution in [0.4, 0.5) is 0 Å². The lowest BCUT2D eigenvalue weighted by Crippen LogP contribution is -2.39. The number of carboxylic acid groups (broad SMARTS) is 1. The van der Waals surface area contributed by atoms with Crippen molar-refractivity contribution in [2.24, 2.45) is 13.0 Å². The Morgan fingerprint density at radius 1 is 1.29 bits per heavy atom. The molecule has 1 aromatic carbocycles. The number of carbonyl (C=O) groups excluding carboxylic acids is 1. The maximum absolute atomic E-state index is 12.7. The lowest BCUT2D eigenvalue weighted by atomic mass is 9.80. The van der Waals surface area contributed by atoms with Crippen molar-refractivity contribution in [3.8, 4) is 0 Å². The van der Waals surface area contributed by atoms with Gasteiger partial charge < -0.3 is 9.67 Å². The second-order valence-corrected chi connectivity index (χ2v) is 5.58. The number of aliphatic carboxylic acids is 1. The summed E-state index contributed by atoms with van der Waals surface area (Å²) in [7, 11) is 3.54. The van der Waals surface area contributed by atoms with Crippen molar-refractivity contribution in [2.75, 3.05) is 7.05 Å². The number of aryl methyl sites for hydroxylation is 1. The molecule has 1 N–H and O–H groups in total. The highest BCUT2D eigenvalue weighted by Gasteiger charge is 2.57. The van der Waals surface area contributed by atoms with Gasteiger partial charge in [-0.05, 0) is 6.07 Å². The van der Waals surface area contributed by atoms with Crippen molar-refractivity contribution >= 4 is 22.7 Å². The van der Waals surface area contributed by atoms with E-state index in [1.54, 1.807) is 7.05 Å². The van der Waals surface area contributed by atoms with E-state index in [9.17, 15) is 14.7 Å². The van der Waals surface area contributed by atoms with E-state index < -0.39 is 24.0 Å². The van der Waals surface area contributed by atoms with Gasteiger partial charge >= 0.3 is 5.97 Å². The van der Waals surface area contributed by atoms with Crippen molar-refractivity contribution in [3.63, 3.8) is 0 Å². The Kier molecular flexibility index (Phi) is 2.35. The largest absolute Gasteiger partial charge is 0.481 e. The van der Waals surface area contributed by atoms with Gasteiger partial charge in [0.25, 0.3) is 0 Å². The molecule has 0 saturated carbocycles. The zero-order valence-electron chi connectivity index (χ0n) is 11.6.